The second kappa shape index (κ2) is 6.91. The Morgan fingerprint density at radius 3 is 2.73 bits per heavy atom. The largest absolute Gasteiger partial charge is 0.379 e. The minimum atomic E-state index is 0.250. The van der Waals surface area contributed by atoms with Crippen molar-refractivity contribution in [3.8, 4) is 0 Å². The van der Waals surface area contributed by atoms with Gasteiger partial charge in [-0.2, -0.15) is 5.10 Å². The molecular weight excluding hydrogens is 344 g/mol. The van der Waals surface area contributed by atoms with Crippen LogP contribution in [0.1, 0.15) is 32.0 Å². The van der Waals surface area contributed by atoms with E-state index in [4.69, 9.17) is 5.41 Å². The highest BCUT2D eigenvalue weighted by molar-refractivity contribution is 9.10. The Morgan fingerprint density at radius 1 is 1.45 bits per heavy atom. The molecular formula is C15H21BrN6. The molecule has 0 aliphatic rings. The standard InChI is InChI=1S/C15H21BrN6/c1-9(2)20-15-12(5-13(16)21-14(15)10(3)17)18-6-11-7-19-22(4)8-11/h5,7-9,17,20H,6H2,1-4H3,(H,18,21). The molecule has 3 N–H and O–H groups in total. The molecule has 2 aromatic rings. The first kappa shape index (κ1) is 16.5. The van der Waals surface area contributed by atoms with Crippen LogP contribution in [0, 0.1) is 5.41 Å². The summed E-state index contributed by atoms with van der Waals surface area (Å²) in [6, 6.07) is 2.17. The summed E-state index contributed by atoms with van der Waals surface area (Å²) in [6.45, 7) is 6.53. The molecule has 0 amide bonds. The maximum absolute atomic E-state index is 7.95. The third kappa shape index (κ3) is 4.07. The van der Waals surface area contributed by atoms with Crippen LogP contribution in [0.5, 0.6) is 0 Å². The van der Waals surface area contributed by atoms with E-state index in [2.05, 4.69) is 50.5 Å². The van der Waals surface area contributed by atoms with E-state index in [-0.39, 0.29) is 6.04 Å². The van der Waals surface area contributed by atoms with Crippen LogP contribution in [0.15, 0.2) is 23.1 Å². The van der Waals surface area contributed by atoms with Crippen LogP contribution in [-0.2, 0) is 13.6 Å². The van der Waals surface area contributed by atoms with Crippen molar-refractivity contribution in [2.75, 3.05) is 10.6 Å². The summed E-state index contributed by atoms with van der Waals surface area (Å²) in [5.74, 6) is 0. The van der Waals surface area contributed by atoms with Crippen molar-refractivity contribution in [2.24, 2.45) is 7.05 Å². The van der Waals surface area contributed by atoms with Crippen LogP contribution < -0.4 is 10.6 Å². The Bertz CT molecular complexity index is 677. The second-order valence-corrected chi connectivity index (χ2v) is 6.33. The number of hydrogen-bond donors (Lipinski definition) is 3. The first-order chi connectivity index (χ1) is 10.4. The molecule has 2 aromatic heterocycles. The first-order valence-electron chi connectivity index (χ1n) is 7.10. The number of aromatic nitrogens is 3. The summed E-state index contributed by atoms with van der Waals surface area (Å²) in [6.07, 6.45) is 3.81. The van der Waals surface area contributed by atoms with Crippen molar-refractivity contribution in [2.45, 2.75) is 33.4 Å². The zero-order valence-corrected chi connectivity index (χ0v) is 14.8. The lowest BCUT2D eigenvalue weighted by Gasteiger charge is -2.19. The number of nitrogens with one attached hydrogen (secondary N) is 3. The molecule has 0 saturated heterocycles. The molecule has 0 fully saturated rings. The molecule has 7 heteroatoms. The fourth-order valence-corrected chi connectivity index (χ4v) is 2.53. The third-order valence-corrected chi connectivity index (χ3v) is 3.42. The molecule has 0 unspecified atom stereocenters. The molecule has 2 heterocycles. The van der Waals surface area contributed by atoms with Gasteiger partial charge in [0.1, 0.15) is 10.3 Å². The van der Waals surface area contributed by atoms with Crippen molar-refractivity contribution in [1.29, 1.82) is 5.41 Å². The van der Waals surface area contributed by atoms with E-state index in [1.54, 1.807) is 11.6 Å². The van der Waals surface area contributed by atoms with Gasteiger partial charge in [-0.3, -0.25) is 4.68 Å². The third-order valence-electron chi connectivity index (χ3n) is 3.02. The fraction of sp³-hybridized carbons (Fsp3) is 0.400. The van der Waals surface area contributed by atoms with E-state index in [1.165, 1.54) is 0 Å². The average molecular weight is 365 g/mol. The Labute approximate surface area is 139 Å². The van der Waals surface area contributed by atoms with Gasteiger partial charge in [-0.25, -0.2) is 4.98 Å². The molecule has 0 aromatic carbocycles. The average Bonchev–Trinajstić information content (AvgIpc) is 2.83. The number of halogens is 1. The number of rotatable bonds is 6. The van der Waals surface area contributed by atoms with Gasteiger partial charge in [0, 0.05) is 31.4 Å². The van der Waals surface area contributed by atoms with Crippen LogP contribution in [0.25, 0.3) is 0 Å². The molecule has 2 rings (SSSR count). The lowest BCUT2D eigenvalue weighted by Crippen LogP contribution is -2.16. The van der Waals surface area contributed by atoms with E-state index >= 15 is 0 Å². The quantitative estimate of drug-likeness (QED) is 0.542. The molecule has 22 heavy (non-hydrogen) atoms. The Morgan fingerprint density at radius 2 is 2.18 bits per heavy atom. The van der Waals surface area contributed by atoms with Crippen molar-refractivity contribution in [3.05, 3.63) is 34.3 Å². The van der Waals surface area contributed by atoms with E-state index in [0.29, 0.717) is 22.6 Å². The minimum absolute atomic E-state index is 0.250. The van der Waals surface area contributed by atoms with Crippen LogP contribution in [0.3, 0.4) is 0 Å². The van der Waals surface area contributed by atoms with E-state index in [9.17, 15) is 0 Å². The number of nitrogens with zero attached hydrogens (tertiary/aromatic N) is 3. The number of hydrogen-bond acceptors (Lipinski definition) is 5. The summed E-state index contributed by atoms with van der Waals surface area (Å²) in [7, 11) is 1.90. The highest BCUT2D eigenvalue weighted by atomic mass is 79.9. The molecule has 0 aliphatic heterocycles. The van der Waals surface area contributed by atoms with Crippen LogP contribution in [0.2, 0.25) is 0 Å². The summed E-state index contributed by atoms with van der Waals surface area (Å²) < 4.78 is 2.48. The maximum Gasteiger partial charge on any atom is 0.110 e. The van der Waals surface area contributed by atoms with Gasteiger partial charge >= 0.3 is 0 Å². The highest BCUT2D eigenvalue weighted by Crippen LogP contribution is 2.29. The lowest BCUT2D eigenvalue weighted by molar-refractivity contribution is 0.767. The van der Waals surface area contributed by atoms with Gasteiger partial charge in [0.05, 0.1) is 23.3 Å². The topological polar surface area (TPSA) is 78.6 Å². The Hall–Kier alpha value is -1.89. The Balaban J connectivity index is 2.33. The van der Waals surface area contributed by atoms with E-state index < -0.39 is 0 Å². The van der Waals surface area contributed by atoms with Gasteiger partial charge < -0.3 is 16.0 Å². The van der Waals surface area contributed by atoms with Crippen LogP contribution in [-0.4, -0.2) is 26.5 Å². The summed E-state index contributed by atoms with van der Waals surface area (Å²) >= 11 is 3.42. The summed E-state index contributed by atoms with van der Waals surface area (Å²) in [5.41, 5.74) is 3.94. The second-order valence-electron chi connectivity index (χ2n) is 5.52. The minimum Gasteiger partial charge on any atom is -0.379 e. The van der Waals surface area contributed by atoms with Gasteiger partial charge in [0.2, 0.25) is 0 Å². The molecule has 0 spiro atoms. The number of pyridine rings is 1. The van der Waals surface area contributed by atoms with Gasteiger partial charge in [0.25, 0.3) is 0 Å². The fourth-order valence-electron chi connectivity index (χ4n) is 2.12. The number of aryl methyl sites for hydroxylation is 1. The van der Waals surface area contributed by atoms with Crippen molar-refractivity contribution < 1.29 is 0 Å². The van der Waals surface area contributed by atoms with Crippen molar-refractivity contribution in [3.63, 3.8) is 0 Å². The highest BCUT2D eigenvalue weighted by Gasteiger charge is 2.14. The zero-order chi connectivity index (χ0) is 16.3. The number of anilines is 2. The van der Waals surface area contributed by atoms with Crippen molar-refractivity contribution >= 4 is 33.0 Å². The van der Waals surface area contributed by atoms with Gasteiger partial charge in [0.15, 0.2) is 0 Å². The molecule has 0 radical (unpaired) electrons. The predicted octanol–water partition coefficient (Wildman–Crippen LogP) is 3.40. The smallest absolute Gasteiger partial charge is 0.110 e. The monoisotopic (exact) mass is 364 g/mol. The SMILES string of the molecule is CC(=N)c1nc(Br)cc(NCc2cnn(C)c2)c1NC(C)C. The summed E-state index contributed by atoms with van der Waals surface area (Å²) in [4.78, 5) is 4.42. The van der Waals surface area contributed by atoms with Crippen molar-refractivity contribution in [1.82, 2.24) is 14.8 Å². The normalized spacial score (nSPS) is 10.8. The lowest BCUT2D eigenvalue weighted by atomic mass is 10.1. The summed E-state index contributed by atoms with van der Waals surface area (Å²) in [5, 5.41) is 18.9. The molecule has 118 valence electrons. The van der Waals surface area contributed by atoms with Crippen LogP contribution >= 0.6 is 15.9 Å². The molecule has 0 atom stereocenters. The molecule has 0 aliphatic carbocycles. The Kier molecular flexibility index (Phi) is 5.18. The molecule has 0 bridgehead atoms. The first-order valence-corrected chi connectivity index (χ1v) is 7.90. The predicted molar refractivity (Wildman–Crippen MR) is 93.7 cm³/mol. The van der Waals surface area contributed by atoms with Gasteiger partial charge in [-0.1, -0.05) is 0 Å². The molecule has 6 nitrogen and oxygen atoms in total. The maximum atomic E-state index is 7.95. The van der Waals surface area contributed by atoms with Gasteiger partial charge in [-0.05, 0) is 42.8 Å². The zero-order valence-electron chi connectivity index (χ0n) is 13.2. The molecule has 0 saturated carbocycles. The van der Waals surface area contributed by atoms with E-state index in [0.717, 1.165) is 16.9 Å². The van der Waals surface area contributed by atoms with E-state index in [1.807, 2.05) is 25.5 Å². The van der Waals surface area contributed by atoms with Crippen LogP contribution in [0.4, 0.5) is 11.4 Å². The van der Waals surface area contributed by atoms with Gasteiger partial charge in [-0.15, -0.1) is 0 Å².